The maximum Gasteiger partial charge on any atom is 0.415 e. The lowest BCUT2D eigenvalue weighted by atomic mass is 10.0. The fraction of sp³-hybridized carbons (Fsp3) is 0.412. The van der Waals surface area contributed by atoms with Crippen LogP contribution in [-0.2, 0) is 16.0 Å². The van der Waals surface area contributed by atoms with Crippen LogP contribution in [0.5, 0.6) is 0 Å². The van der Waals surface area contributed by atoms with Crippen molar-refractivity contribution in [1.82, 2.24) is 9.88 Å². The molecule has 0 aliphatic carbocycles. The Kier molecular flexibility index (Phi) is 4.64. The standard InChI is InChI=1S/C17H18ClN3O3S/c18-13-1-3-15(4-2-13)21-10-17(24-16(21)22)9-20(5-6-23-11-17)7-14-8-25-12-19-14/h1-4,8,12H,5-7,9-11H2. The van der Waals surface area contributed by atoms with Gasteiger partial charge in [0.05, 0.1) is 31.0 Å². The number of benzene rings is 1. The minimum Gasteiger partial charge on any atom is -0.437 e. The molecule has 0 N–H and O–H groups in total. The predicted octanol–water partition coefficient (Wildman–Crippen LogP) is 3.02. The van der Waals surface area contributed by atoms with Gasteiger partial charge in [-0.05, 0) is 24.3 Å². The maximum atomic E-state index is 12.5. The van der Waals surface area contributed by atoms with Crippen LogP contribution in [0.15, 0.2) is 35.2 Å². The first-order valence-corrected chi connectivity index (χ1v) is 9.39. The van der Waals surface area contributed by atoms with Crippen molar-refractivity contribution in [2.45, 2.75) is 12.1 Å². The van der Waals surface area contributed by atoms with Crippen LogP contribution in [0.2, 0.25) is 5.02 Å². The molecule has 6 nitrogen and oxygen atoms in total. The largest absolute Gasteiger partial charge is 0.437 e. The average molecular weight is 380 g/mol. The molecule has 2 saturated heterocycles. The number of anilines is 1. The first-order valence-electron chi connectivity index (χ1n) is 8.07. The van der Waals surface area contributed by atoms with Gasteiger partial charge in [-0.1, -0.05) is 11.6 Å². The van der Waals surface area contributed by atoms with E-state index in [1.165, 1.54) is 0 Å². The van der Waals surface area contributed by atoms with Crippen molar-refractivity contribution in [3.63, 3.8) is 0 Å². The highest BCUT2D eigenvalue weighted by atomic mass is 35.5. The van der Waals surface area contributed by atoms with E-state index in [0.29, 0.717) is 31.3 Å². The zero-order valence-electron chi connectivity index (χ0n) is 13.6. The molecule has 2 fully saturated rings. The fourth-order valence-electron chi connectivity index (χ4n) is 3.26. The third-order valence-corrected chi connectivity index (χ3v) is 5.29. The van der Waals surface area contributed by atoms with Gasteiger partial charge in [-0.25, -0.2) is 9.78 Å². The van der Waals surface area contributed by atoms with Gasteiger partial charge in [0.2, 0.25) is 0 Å². The summed E-state index contributed by atoms with van der Waals surface area (Å²) in [6, 6.07) is 7.20. The van der Waals surface area contributed by atoms with Gasteiger partial charge in [-0.3, -0.25) is 9.80 Å². The lowest BCUT2D eigenvalue weighted by molar-refractivity contribution is -0.0155. The van der Waals surface area contributed by atoms with Crippen molar-refractivity contribution in [1.29, 1.82) is 0 Å². The number of hydrogen-bond acceptors (Lipinski definition) is 6. The van der Waals surface area contributed by atoms with Crippen LogP contribution in [0.1, 0.15) is 5.69 Å². The molecule has 3 heterocycles. The molecule has 1 amide bonds. The highest BCUT2D eigenvalue weighted by molar-refractivity contribution is 7.07. The van der Waals surface area contributed by atoms with E-state index in [-0.39, 0.29) is 6.09 Å². The molecule has 25 heavy (non-hydrogen) atoms. The lowest BCUT2D eigenvalue weighted by Gasteiger charge is -2.29. The summed E-state index contributed by atoms with van der Waals surface area (Å²) in [5, 5.41) is 2.68. The second-order valence-electron chi connectivity index (χ2n) is 6.36. The topological polar surface area (TPSA) is 54.9 Å². The van der Waals surface area contributed by atoms with Crippen LogP contribution < -0.4 is 4.90 Å². The number of amides is 1. The summed E-state index contributed by atoms with van der Waals surface area (Å²) >= 11 is 7.52. The molecule has 1 aromatic carbocycles. The number of nitrogens with zero attached hydrogens (tertiary/aromatic N) is 3. The summed E-state index contributed by atoms with van der Waals surface area (Å²) in [7, 11) is 0. The number of halogens is 1. The van der Waals surface area contributed by atoms with Gasteiger partial charge in [0, 0.05) is 35.7 Å². The van der Waals surface area contributed by atoms with Crippen LogP contribution in [0.25, 0.3) is 0 Å². The van der Waals surface area contributed by atoms with Crippen molar-refractivity contribution in [2.75, 3.05) is 37.7 Å². The summed E-state index contributed by atoms with van der Waals surface area (Å²) < 4.78 is 11.5. The second-order valence-corrected chi connectivity index (χ2v) is 7.51. The SMILES string of the molecule is O=C1OC2(COCCN(Cc3cscn3)C2)CN1c1ccc(Cl)cc1. The molecule has 8 heteroatoms. The van der Waals surface area contributed by atoms with Gasteiger partial charge in [-0.15, -0.1) is 11.3 Å². The highest BCUT2D eigenvalue weighted by Crippen LogP contribution is 2.31. The minimum absolute atomic E-state index is 0.346. The Balaban J connectivity index is 1.52. The van der Waals surface area contributed by atoms with E-state index < -0.39 is 5.60 Å². The Hall–Kier alpha value is -1.67. The van der Waals surface area contributed by atoms with E-state index in [1.54, 1.807) is 28.4 Å². The molecule has 0 saturated carbocycles. The predicted molar refractivity (Wildman–Crippen MR) is 96.2 cm³/mol. The summed E-state index contributed by atoms with van der Waals surface area (Å²) in [5.74, 6) is 0. The number of thiazole rings is 1. The number of ether oxygens (including phenoxy) is 2. The molecule has 4 rings (SSSR count). The van der Waals surface area contributed by atoms with E-state index in [0.717, 1.165) is 24.5 Å². The van der Waals surface area contributed by atoms with E-state index in [4.69, 9.17) is 21.1 Å². The summed E-state index contributed by atoms with van der Waals surface area (Å²) in [4.78, 5) is 20.7. The lowest BCUT2D eigenvalue weighted by Crippen LogP contribution is -2.47. The summed E-state index contributed by atoms with van der Waals surface area (Å²) in [5.41, 5.74) is 2.98. The number of hydrogen-bond donors (Lipinski definition) is 0. The zero-order chi connectivity index (χ0) is 17.3. The van der Waals surface area contributed by atoms with Crippen LogP contribution >= 0.6 is 22.9 Å². The maximum absolute atomic E-state index is 12.5. The van der Waals surface area contributed by atoms with Gasteiger partial charge < -0.3 is 9.47 Å². The van der Waals surface area contributed by atoms with E-state index >= 15 is 0 Å². The van der Waals surface area contributed by atoms with Crippen LogP contribution in [0, 0.1) is 0 Å². The Morgan fingerprint density at radius 1 is 1.28 bits per heavy atom. The normalized spacial score (nSPS) is 24.5. The zero-order valence-corrected chi connectivity index (χ0v) is 15.1. The molecular formula is C17H18ClN3O3S. The Bertz CT molecular complexity index is 740. The number of rotatable bonds is 3. The molecule has 0 bridgehead atoms. The molecule has 1 aromatic heterocycles. The summed E-state index contributed by atoms with van der Waals surface area (Å²) in [6.07, 6.45) is -0.346. The molecule has 2 aliphatic heterocycles. The average Bonchev–Trinajstić information content (AvgIpc) is 3.15. The van der Waals surface area contributed by atoms with Gasteiger partial charge in [0.1, 0.15) is 0 Å². The molecule has 0 radical (unpaired) electrons. The Morgan fingerprint density at radius 3 is 2.88 bits per heavy atom. The van der Waals surface area contributed by atoms with Crippen molar-refractivity contribution >= 4 is 34.7 Å². The van der Waals surface area contributed by atoms with Crippen LogP contribution in [0.4, 0.5) is 10.5 Å². The Labute approximate surface area is 154 Å². The fourth-order valence-corrected chi connectivity index (χ4v) is 3.94. The van der Waals surface area contributed by atoms with Crippen molar-refractivity contribution in [3.05, 3.63) is 45.9 Å². The molecule has 1 atom stereocenters. The molecule has 1 unspecified atom stereocenters. The third-order valence-electron chi connectivity index (χ3n) is 4.41. The smallest absolute Gasteiger partial charge is 0.415 e. The first-order chi connectivity index (χ1) is 12.1. The van der Waals surface area contributed by atoms with Gasteiger partial charge >= 0.3 is 6.09 Å². The molecule has 1 spiro atoms. The van der Waals surface area contributed by atoms with Crippen LogP contribution in [0.3, 0.4) is 0 Å². The van der Waals surface area contributed by atoms with Gasteiger partial charge in [0.15, 0.2) is 5.60 Å². The quantitative estimate of drug-likeness (QED) is 0.820. The van der Waals surface area contributed by atoms with Crippen molar-refractivity contribution in [3.8, 4) is 0 Å². The summed E-state index contributed by atoms with van der Waals surface area (Å²) in [6.45, 7) is 3.62. The number of aromatic nitrogens is 1. The molecular weight excluding hydrogens is 362 g/mol. The number of carbonyl (C=O) groups excluding carboxylic acids is 1. The van der Waals surface area contributed by atoms with E-state index in [9.17, 15) is 4.79 Å². The van der Waals surface area contributed by atoms with Crippen molar-refractivity contribution < 1.29 is 14.3 Å². The highest BCUT2D eigenvalue weighted by Gasteiger charge is 2.48. The first kappa shape index (κ1) is 16.8. The second kappa shape index (κ2) is 6.92. The molecule has 2 aliphatic rings. The van der Waals surface area contributed by atoms with Crippen LogP contribution in [-0.4, -0.2) is 54.4 Å². The van der Waals surface area contributed by atoms with E-state index in [1.807, 2.05) is 23.0 Å². The van der Waals surface area contributed by atoms with Crippen molar-refractivity contribution in [2.24, 2.45) is 0 Å². The van der Waals surface area contributed by atoms with Gasteiger partial charge in [0.25, 0.3) is 0 Å². The minimum atomic E-state index is -0.663. The number of carbonyl (C=O) groups is 1. The molecule has 132 valence electrons. The molecule has 2 aromatic rings. The Morgan fingerprint density at radius 2 is 2.12 bits per heavy atom. The van der Waals surface area contributed by atoms with E-state index in [2.05, 4.69) is 9.88 Å². The monoisotopic (exact) mass is 379 g/mol. The van der Waals surface area contributed by atoms with Gasteiger partial charge in [-0.2, -0.15) is 0 Å². The third kappa shape index (κ3) is 3.64.